The summed E-state index contributed by atoms with van der Waals surface area (Å²) in [6, 6.07) is 0.311. The molecule has 1 atom stereocenters. The van der Waals surface area contributed by atoms with Crippen LogP contribution in [0.3, 0.4) is 0 Å². The van der Waals surface area contributed by atoms with Gasteiger partial charge in [-0.2, -0.15) is 0 Å². The van der Waals surface area contributed by atoms with Crippen molar-refractivity contribution >= 4 is 28.5 Å². The lowest BCUT2D eigenvalue weighted by Crippen LogP contribution is -2.42. The number of amides is 1. The number of alkyl halides is 1. The van der Waals surface area contributed by atoms with Crippen molar-refractivity contribution in [2.45, 2.75) is 52.2 Å². The molecule has 0 aliphatic heterocycles. The van der Waals surface area contributed by atoms with E-state index in [9.17, 15) is 4.79 Å². The van der Waals surface area contributed by atoms with E-state index >= 15 is 0 Å². The lowest BCUT2D eigenvalue weighted by atomic mass is 9.80. The van der Waals surface area contributed by atoms with Crippen LogP contribution < -0.4 is 5.32 Å². The molecule has 17 heavy (non-hydrogen) atoms. The van der Waals surface area contributed by atoms with E-state index in [2.05, 4.69) is 41.8 Å². The minimum Gasteiger partial charge on any atom is -0.378 e. The highest BCUT2D eigenvalue weighted by Gasteiger charge is 2.31. The molecule has 0 aromatic carbocycles. The second-order valence-electron chi connectivity index (χ2n) is 5.19. The first-order valence-electron chi connectivity index (χ1n) is 6.53. The molecule has 3 nitrogen and oxygen atoms in total. The number of hydrogen-bond acceptors (Lipinski definition) is 2. The van der Waals surface area contributed by atoms with Crippen molar-refractivity contribution in [2.24, 2.45) is 11.8 Å². The largest absolute Gasteiger partial charge is 0.378 e. The number of rotatable bonds is 7. The van der Waals surface area contributed by atoms with Crippen LogP contribution in [-0.2, 0) is 9.53 Å². The van der Waals surface area contributed by atoms with Gasteiger partial charge < -0.3 is 10.1 Å². The molecule has 1 aliphatic carbocycles. The molecule has 1 unspecified atom stereocenters. The van der Waals surface area contributed by atoms with Crippen molar-refractivity contribution in [2.75, 3.05) is 11.0 Å². The molecule has 4 heteroatoms. The first-order valence-corrected chi connectivity index (χ1v) is 8.06. The molecule has 0 aromatic heterocycles. The van der Waals surface area contributed by atoms with Gasteiger partial charge in [-0.15, -0.1) is 0 Å². The predicted octanol–water partition coefficient (Wildman–Crippen LogP) is 2.77. The first-order chi connectivity index (χ1) is 8.06. The van der Waals surface area contributed by atoms with E-state index in [1.165, 1.54) is 0 Å². The van der Waals surface area contributed by atoms with Crippen molar-refractivity contribution in [1.82, 2.24) is 5.32 Å². The van der Waals surface area contributed by atoms with Crippen LogP contribution in [0.2, 0.25) is 0 Å². The van der Waals surface area contributed by atoms with Crippen LogP contribution in [0.25, 0.3) is 0 Å². The monoisotopic (exact) mass is 353 g/mol. The minimum absolute atomic E-state index is 0.209. The Morgan fingerprint density at radius 1 is 1.47 bits per heavy atom. The summed E-state index contributed by atoms with van der Waals surface area (Å²) < 4.78 is 6.48. The fraction of sp³-hybridized carbons (Fsp3) is 0.923. The Kier molecular flexibility index (Phi) is 6.77. The van der Waals surface area contributed by atoms with Crippen molar-refractivity contribution in [1.29, 1.82) is 0 Å². The van der Waals surface area contributed by atoms with Gasteiger partial charge in [0.25, 0.3) is 0 Å². The average Bonchev–Trinajstić information content (AvgIpc) is 2.22. The SMILES string of the molecule is CCOC1CC(CC(=O)NC(CI)C(C)C)C1. The number of nitrogens with one attached hydrogen (secondary N) is 1. The summed E-state index contributed by atoms with van der Waals surface area (Å²) in [5.41, 5.74) is 0. The maximum atomic E-state index is 11.8. The zero-order valence-corrected chi connectivity index (χ0v) is 13.2. The summed E-state index contributed by atoms with van der Waals surface area (Å²) in [5, 5.41) is 3.12. The predicted molar refractivity (Wildman–Crippen MR) is 78.4 cm³/mol. The van der Waals surface area contributed by atoms with E-state index in [1.54, 1.807) is 0 Å². The highest BCUT2D eigenvalue weighted by atomic mass is 127. The van der Waals surface area contributed by atoms with Crippen molar-refractivity contribution in [3.05, 3.63) is 0 Å². The fourth-order valence-electron chi connectivity index (χ4n) is 2.12. The molecule has 0 spiro atoms. The fourth-order valence-corrected chi connectivity index (χ4v) is 3.36. The molecule has 0 bridgehead atoms. The number of carbonyl (C=O) groups excluding carboxylic acids is 1. The smallest absolute Gasteiger partial charge is 0.220 e. The number of carbonyl (C=O) groups is 1. The van der Waals surface area contributed by atoms with Crippen LogP contribution >= 0.6 is 22.6 Å². The molecule has 1 N–H and O–H groups in total. The van der Waals surface area contributed by atoms with Crippen LogP contribution in [0.1, 0.15) is 40.0 Å². The van der Waals surface area contributed by atoms with Gasteiger partial charge in [-0.25, -0.2) is 0 Å². The zero-order valence-electron chi connectivity index (χ0n) is 11.0. The maximum absolute atomic E-state index is 11.8. The van der Waals surface area contributed by atoms with Crippen LogP contribution in [-0.4, -0.2) is 29.1 Å². The van der Waals surface area contributed by atoms with Crippen LogP contribution in [0.4, 0.5) is 0 Å². The molecule has 1 rings (SSSR count). The van der Waals surface area contributed by atoms with Crippen molar-refractivity contribution in [3.8, 4) is 0 Å². The van der Waals surface area contributed by atoms with Crippen LogP contribution in [0.5, 0.6) is 0 Å². The second-order valence-corrected chi connectivity index (χ2v) is 6.07. The highest BCUT2D eigenvalue weighted by Crippen LogP contribution is 2.32. The third-order valence-corrected chi connectivity index (χ3v) is 4.34. The van der Waals surface area contributed by atoms with Crippen molar-refractivity contribution in [3.63, 3.8) is 0 Å². The lowest BCUT2D eigenvalue weighted by Gasteiger charge is -2.34. The molecular weight excluding hydrogens is 329 g/mol. The van der Waals surface area contributed by atoms with Gasteiger partial charge in [0.1, 0.15) is 0 Å². The van der Waals surface area contributed by atoms with Gasteiger partial charge in [0.15, 0.2) is 0 Å². The quantitative estimate of drug-likeness (QED) is 0.565. The number of hydrogen-bond donors (Lipinski definition) is 1. The van der Waals surface area contributed by atoms with Gasteiger partial charge in [0, 0.05) is 23.5 Å². The molecule has 0 saturated heterocycles. The standard InChI is InChI=1S/C13H24INO2/c1-4-17-11-5-10(6-11)7-13(16)15-12(8-14)9(2)3/h9-12H,4-8H2,1-3H3,(H,15,16). The van der Waals surface area contributed by atoms with Gasteiger partial charge >= 0.3 is 0 Å². The molecule has 1 saturated carbocycles. The number of halogens is 1. The molecule has 1 fully saturated rings. The summed E-state index contributed by atoms with van der Waals surface area (Å²) in [7, 11) is 0. The molecule has 1 aliphatic rings. The minimum atomic E-state index is 0.209. The summed E-state index contributed by atoms with van der Waals surface area (Å²) in [6.07, 6.45) is 3.18. The Labute approximate surface area is 118 Å². The van der Waals surface area contributed by atoms with E-state index in [4.69, 9.17) is 4.74 Å². The van der Waals surface area contributed by atoms with Crippen LogP contribution in [0.15, 0.2) is 0 Å². The van der Waals surface area contributed by atoms with Gasteiger partial charge in [-0.05, 0) is 31.6 Å². The van der Waals surface area contributed by atoms with E-state index in [-0.39, 0.29) is 5.91 Å². The maximum Gasteiger partial charge on any atom is 0.220 e. The molecular formula is C13H24INO2. The first kappa shape index (κ1) is 15.2. The number of ether oxygens (including phenoxy) is 1. The van der Waals surface area contributed by atoms with Gasteiger partial charge in [-0.3, -0.25) is 4.79 Å². The molecule has 0 aromatic rings. The van der Waals surface area contributed by atoms with Gasteiger partial charge in [0.05, 0.1) is 6.10 Å². The van der Waals surface area contributed by atoms with Gasteiger partial charge in [0.2, 0.25) is 5.91 Å². The Balaban J connectivity index is 2.18. The lowest BCUT2D eigenvalue weighted by molar-refractivity contribution is -0.125. The highest BCUT2D eigenvalue weighted by molar-refractivity contribution is 14.1. The summed E-state index contributed by atoms with van der Waals surface area (Å²) in [5.74, 6) is 1.25. The Hall–Kier alpha value is 0.160. The van der Waals surface area contributed by atoms with Gasteiger partial charge in [-0.1, -0.05) is 36.4 Å². The topological polar surface area (TPSA) is 38.3 Å². The van der Waals surface area contributed by atoms with E-state index < -0.39 is 0 Å². The van der Waals surface area contributed by atoms with Crippen LogP contribution in [0, 0.1) is 11.8 Å². The molecule has 0 radical (unpaired) electrons. The Bertz CT molecular complexity index is 240. The Morgan fingerprint density at radius 3 is 2.59 bits per heavy atom. The second kappa shape index (κ2) is 7.56. The van der Waals surface area contributed by atoms with E-state index in [0.717, 1.165) is 23.9 Å². The molecule has 0 heterocycles. The normalized spacial score (nSPS) is 25.5. The zero-order chi connectivity index (χ0) is 12.8. The summed E-state index contributed by atoms with van der Waals surface area (Å²) in [6.45, 7) is 7.11. The third kappa shape index (κ3) is 5.12. The molecule has 100 valence electrons. The van der Waals surface area contributed by atoms with E-state index in [1.807, 2.05) is 6.92 Å². The Morgan fingerprint density at radius 2 is 2.12 bits per heavy atom. The van der Waals surface area contributed by atoms with Crippen molar-refractivity contribution < 1.29 is 9.53 Å². The van der Waals surface area contributed by atoms with E-state index in [0.29, 0.717) is 30.4 Å². The third-order valence-electron chi connectivity index (χ3n) is 3.39. The summed E-state index contributed by atoms with van der Waals surface area (Å²) >= 11 is 2.33. The summed E-state index contributed by atoms with van der Waals surface area (Å²) in [4.78, 5) is 11.8. The molecule has 1 amide bonds. The average molecular weight is 353 g/mol.